The Morgan fingerprint density at radius 2 is 1.92 bits per heavy atom. The fourth-order valence-electron chi connectivity index (χ4n) is 1.90. The predicted molar refractivity (Wildman–Crippen MR) is 92.4 cm³/mol. The zero-order valence-corrected chi connectivity index (χ0v) is 14.4. The quantitative estimate of drug-likeness (QED) is 0.613. The number of Topliss-reactive ketones (excluding diaryl/α,β-unsaturated/α-hetero) is 1. The minimum Gasteiger partial charge on any atom is -0.325 e. The molecule has 7 nitrogen and oxygen atoms in total. The van der Waals surface area contributed by atoms with Gasteiger partial charge in [0, 0.05) is 11.3 Å². The summed E-state index contributed by atoms with van der Waals surface area (Å²) in [5, 5.41) is 10.3. The van der Waals surface area contributed by atoms with E-state index in [0.717, 1.165) is 11.8 Å². The Hall–Kier alpha value is -2.48. The van der Waals surface area contributed by atoms with Gasteiger partial charge in [0.25, 0.3) is 5.56 Å². The Kier molecular flexibility index (Phi) is 5.86. The molecule has 0 aliphatic heterocycles. The maximum Gasteiger partial charge on any atom is 0.273 e. The summed E-state index contributed by atoms with van der Waals surface area (Å²) in [7, 11) is 0. The number of ketones is 1. The van der Waals surface area contributed by atoms with E-state index in [1.165, 1.54) is 6.92 Å². The maximum absolute atomic E-state index is 12.4. The van der Waals surface area contributed by atoms with Crippen molar-refractivity contribution in [2.75, 3.05) is 5.32 Å². The van der Waals surface area contributed by atoms with E-state index in [4.69, 9.17) is 0 Å². The summed E-state index contributed by atoms with van der Waals surface area (Å²) in [6, 6.07) is 6.68. The van der Waals surface area contributed by atoms with Crippen LogP contribution in [0.1, 0.15) is 36.3 Å². The van der Waals surface area contributed by atoms with Gasteiger partial charge in [-0.05, 0) is 44.5 Å². The maximum atomic E-state index is 12.4. The molecule has 1 unspecified atom stereocenters. The zero-order chi connectivity index (χ0) is 17.7. The first-order valence-electron chi connectivity index (χ1n) is 7.42. The first-order valence-corrected chi connectivity index (χ1v) is 8.30. The molecule has 1 amide bonds. The van der Waals surface area contributed by atoms with Crippen molar-refractivity contribution < 1.29 is 9.59 Å². The molecule has 0 bridgehead atoms. The third kappa shape index (κ3) is 4.51. The lowest BCUT2D eigenvalue weighted by Gasteiger charge is -2.14. The highest BCUT2D eigenvalue weighted by Crippen LogP contribution is 2.22. The zero-order valence-electron chi connectivity index (χ0n) is 13.6. The van der Waals surface area contributed by atoms with Gasteiger partial charge in [-0.25, -0.2) is 0 Å². The lowest BCUT2D eigenvalue weighted by molar-refractivity contribution is -0.115. The molecule has 126 valence electrons. The number of aryl methyl sites for hydroxylation is 1. The van der Waals surface area contributed by atoms with Crippen LogP contribution in [0.25, 0.3) is 0 Å². The van der Waals surface area contributed by atoms with Crippen LogP contribution in [0.4, 0.5) is 5.69 Å². The summed E-state index contributed by atoms with van der Waals surface area (Å²) >= 11 is 1.15. The summed E-state index contributed by atoms with van der Waals surface area (Å²) in [6.45, 7) is 4.92. The van der Waals surface area contributed by atoms with Gasteiger partial charge in [-0.15, -0.1) is 10.2 Å². The fourth-order valence-corrected chi connectivity index (χ4v) is 2.74. The van der Waals surface area contributed by atoms with Gasteiger partial charge in [-0.3, -0.25) is 19.4 Å². The van der Waals surface area contributed by atoms with E-state index in [9.17, 15) is 14.4 Å². The number of hydrogen-bond acceptors (Lipinski definition) is 6. The van der Waals surface area contributed by atoms with Crippen molar-refractivity contribution in [2.45, 2.75) is 37.6 Å². The van der Waals surface area contributed by atoms with E-state index in [0.29, 0.717) is 22.8 Å². The lowest BCUT2D eigenvalue weighted by atomic mass is 10.1. The first kappa shape index (κ1) is 17.9. The molecule has 0 fully saturated rings. The lowest BCUT2D eigenvalue weighted by Crippen LogP contribution is -2.25. The van der Waals surface area contributed by atoms with Crippen LogP contribution in [0.15, 0.2) is 34.2 Å². The van der Waals surface area contributed by atoms with E-state index in [-0.39, 0.29) is 22.9 Å². The van der Waals surface area contributed by atoms with Crippen LogP contribution < -0.4 is 10.9 Å². The third-order valence-electron chi connectivity index (χ3n) is 3.32. The van der Waals surface area contributed by atoms with Crippen molar-refractivity contribution in [3.63, 3.8) is 0 Å². The van der Waals surface area contributed by atoms with Gasteiger partial charge >= 0.3 is 0 Å². The van der Waals surface area contributed by atoms with E-state index < -0.39 is 5.25 Å². The van der Waals surface area contributed by atoms with Gasteiger partial charge in [0.1, 0.15) is 5.69 Å². The number of nitrogens with zero attached hydrogens (tertiary/aromatic N) is 2. The molecule has 0 spiro atoms. The van der Waals surface area contributed by atoms with Crippen molar-refractivity contribution in [3.05, 3.63) is 45.9 Å². The third-order valence-corrected chi connectivity index (χ3v) is 4.55. The average molecular weight is 346 g/mol. The van der Waals surface area contributed by atoms with E-state index in [2.05, 4.69) is 20.5 Å². The minimum absolute atomic E-state index is 0.0308. The number of amides is 1. The van der Waals surface area contributed by atoms with Gasteiger partial charge in [-0.2, -0.15) is 0 Å². The second-order valence-electron chi connectivity index (χ2n) is 5.18. The van der Waals surface area contributed by atoms with Crippen LogP contribution in [-0.4, -0.2) is 32.1 Å². The Morgan fingerprint density at radius 1 is 1.25 bits per heavy atom. The normalized spacial score (nSPS) is 11.8. The van der Waals surface area contributed by atoms with Gasteiger partial charge in [0.05, 0.1) is 5.25 Å². The molecular formula is C16H18N4O3S. The molecule has 2 N–H and O–H groups in total. The van der Waals surface area contributed by atoms with Gasteiger partial charge in [0.2, 0.25) is 5.91 Å². The van der Waals surface area contributed by atoms with Gasteiger partial charge < -0.3 is 5.32 Å². The molecule has 0 saturated carbocycles. The summed E-state index contributed by atoms with van der Waals surface area (Å²) in [5.41, 5.74) is 1.15. The largest absolute Gasteiger partial charge is 0.325 e. The van der Waals surface area contributed by atoms with Crippen LogP contribution in [0, 0.1) is 6.92 Å². The number of aromatic nitrogens is 3. The number of aromatic amines is 1. The highest BCUT2D eigenvalue weighted by Gasteiger charge is 2.20. The molecule has 2 rings (SSSR count). The molecule has 0 radical (unpaired) electrons. The number of anilines is 1. The smallest absolute Gasteiger partial charge is 0.273 e. The molecule has 8 heteroatoms. The number of carbonyl (C=O) groups excluding carboxylic acids is 2. The molecule has 1 heterocycles. The van der Waals surface area contributed by atoms with Crippen molar-refractivity contribution in [1.82, 2.24) is 15.2 Å². The molecule has 0 aliphatic carbocycles. The van der Waals surface area contributed by atoms with Crippen LogP contribution in [0.2, 0.25) is 0 Å². The van der Waals surface area contributed by atoms with Crippen molar-refractivity contribution in [3.8, 4) is 0 Å². The first-order chi connectivity index (χ1) is 11.4. The molecular weight excluding hydrogens is 328 g/mol. The summed E-state index contributed by atoms with van der Waals surface area (Å²) in [6.07, 6.45) is 0.555. The highest BCUT2D eigenvalue weighted by atomic mass is 32.2. The minimum atomic E-state index is -0.426. The van der Waals surface area contributed by atoms with Crippen molar-refractivity contribution in [1.29, 1.82) is 0 Å². The second-order valence-corrected chi connectivity index (χ2v) is 6.37. The van der Waals surface area contributed by atoms with E-state index in [1.54, 1.807) is 31.2 Å². The van der Waals surface area contributed by atoms with E-state index in [1.807, 2.05) is 6.92 Å². The van der Waals surface area contributed by atoms with Crippen LogP contribution in [0.5, 0.6) is 0 Å². The summed E-state index contributed by atoms with van der Waals surface area (Å²) in [5.74, 6) is -0.238. The number of benzene rings is 1. The molecule has 0 aliphatic rings. The molecule has 2 aromatic rings. The van der Waals surface area contributed by atoms with Crippen LogP contribution in [-0.2, 0) is 4.79 Å². The SMILES string of the molecule is CCC(Sc1nnc(C)c(=O)[nH]1)C(=O)Nc1ccc(C(C)=O)cc1. The van der Waals surface area contributed by atoms with Crippen LogP contribution >= 0.6 is 11.8 Å². The predicted octanol–water partition coefficient (Wildman–Crippen LogP) is 2.19. The molecule has 1 aromatic heterocycles. The Balaban J connectivity index is 2.06. The Bertz CT molecular complexity index is 802. The molecule has 1 atom stereocenters. The fraction of sp³-hybridized carbons (Fsp3) is 0.312. The topological polar surface area (TPSA) is 105 Å². The number of nitrogens with one attached hydrogen (secondary N) is 2. The number of hydrogen-bond donors (Lipinski definition) is 2. The average Bonchev–Trinajstić information content (AvgIpc) is 2.56. The second kappa shape index (κ2) is 7.87. The number of thioether (sulfide) groups is 1. The monoisotopic (exact) mass is 346 g/mol. The summed E-state index contributed by atoms with van der Waals surface area (Å²) < 4.78 is 0. The Morgan fingerprint density at radius 3 is 2.46 bits per heavy atom. The Labute approximate surface area is 143 Å². The van der Waals surface area contributed by atoms with Gasteiger partial charge in [-0.1, -0.05) is 18.7 Å². The van der Waals surface area contributed by atoms with Gasteiger partial charge in [0.15, 0.2) is 10.9 Å². The van der Waals surface area contributed by atoms with Crippen molar-refractivity contribution >= 4 is 29.1 Å². The van der Waals surface area contributed by atoms with Crippen LogP contribution in [0.3, 0.4) is 0 Å². The molecule has 0 saturated heterocycles. The molecule has 24 heavy (non-hydrogen) atoms. The highest BCUT2D eigenvalue weighted by molar-refractivity contribution is 8.00. The number of rotatable bonds is 6. The standard InChI is InChI=1S/C16H18N4O3S/c1-4-13(24-16-18-14(22)9(2)19-20-16)15(23)17-12-7-5-11(6-8-12)10(3)21/h5-8,13H,4H2,1-3H3,(H,17,23)(H,18,20,22). The van der Waals surface area contributed by atoms with E-state index >= 15 is 0 Å². The number of carbonyl (C=O) groups is 2. The summed E-state index contributed by atoms with van der Waals surface area (Å²) in [4.78, 5) is 37.8. The number of H-pyrrole nitrogens is 1. The molecule has 1 aromatic carbocycles. The van der Waals surface area contributed by atoms with Crippen molar-refractivity contribution in [2.24, 2.45) is 0 Å².